The second kappa shape index (κ2) is 6.15. The molecule has 0 bridgehead atoms. The van der Waals surface area contributed by atoms with Gasteiger partial charge in [0.2, 0.25) is 0 Å². The molecule has 2 N–H and O–H groups in total. The van der Waals surface area contributed by atoms with E-state index in [-0.39, 0.29) is 11.4 Å². The standard InChI is InChI=1S/C15H24FN/c1-12(2)5-4-10-15(3,17)11-13-6-8-14(16)9-7-13/h6-9,12H,4-5,10-11,17H2,1-3H3. The summed E-state index contributed by atoms with van der Waals surface area (Å²) in [7, 11) is 0. The van der Waals surface area contributed by atoms with E-state index in [0.717, 1.165) is 30.7 Å². The molecule has 0 saturated heterocycles. The highest BCUT2D eigenvalue weighted by molar-refractivity contribution is 5.18. The highest BCUT2D eigenvalue weighted by Gasteiger charge is 2.18. The average Bonchev–Trinajstić information content (AvgIpc) is 2.20. The van der Waals surface area contributed by atoms with E-state index < -0.39 is 0 Å². The van der Waals surface area contributed by atoms with Crippen molar-refractivity contribution in [2.75, 3.05) is 0 Å². The zero-order valence-electron chi connectivity index (χ0n) is 11.2. The molecule has 1 rings (SSSR count). The second-order valence-electron chi connectivity index (χ2n) is 5.74. The molecule has 1 aromatic carbocycles. The van der Waals surface area contributed by atoms with Crippen molar-refractivity contribution in [3.63, 3.8) is 0 Å². The summed E-state index contributed by atoms with van der Waals surface area (Å²) in [6.07, 6.45) is 4.20. The van der Waals surface area contributed by atoms with Crippen molar-refractivity contribution < 1.29 is 4.39 Å². The minimum atomic E-state index is -0.188. The molecule has 0 aromatic heterocycles. The van der Waals surface area contributed by atoms with E-state index in [1.165, 1.54) is 18.6 Å². The quantitative estimate of drug-likeness (QED) is 0.797. The van der Waals surface area contributed by atoms with E-state index in [9.17, 15) is 4.39 Å². The van der Waals surface area contributed by atoms with Crippen molar-refractivity contribution in [2.24, 2.45) is 11.7 Å². The Morgan fingerprint density at radius 3 is 2.35 bits per heavy atom. The van der Waals surface area contributed by atoms with Crippen molar-refractivity contribution in [2.45, 2.75) is 52.0 Å². The largest absolute Gasteiger partial charge is 0.325 e. The minimum Gasteiger partial charge on any atom is -0.325 e. The summed E-state index contributed by atoms with van der Waals surface area (Å²) < 4.78 is 12.8. The van der Waals surface area contributed by atoms with E-state index in [1.807, 2.05) is 12.1 Å². The van der Waals surface area contributed by atoms with Crippen molar-refractivity contribution in [3.05, 3.63) is 35.6 Å². The van der Waals surface area contributed by atoms with Gasteiger partial charge in [0.1, 0.15) is 5.82 Å². The van der Waals surface area contributed by atoms with Gasteiger partial charge in [-0.15, -0.1) is 0 Å². The lowest BCUT2D eigenvalue weighted by atomic mass is 9.88. The minimum absolute atomic E-state index is 0.188. The maximum atomic E-state index is 12.8. The lowest BCUT2D eigenvalue weighted by Crippen LogP contribution is -2.38. The van der Waals surface area contributed by atoms with Crippen molar-refractivity contribution in [1.82, 2.24) is 0 Å². The van der Waals surface area contributed by atoms with Crippen molar-refractivity contribution >= 4 is 0 Å². The maximum Gasteiger partial charge on any atom is 0.123 e. The smallest absolute Gasteiger partial charge is 0.123 e. The molecule has 2 heteroatoms. The summed E-state index contributed by atoms with van der Waals surface area (Å²) in [4.78, 5) is 0. The van der Waals surface area contributed by atoms with Gasteiger partial charge in [-0.05, 0) is 43.4 Å². The molecule has 96 valence electrons. The molecule has 1 atom stereocenters. The van der Waals surface area contributed by atoms with Crippen molar-refractivity contribution in [1.29, 1.82) is 0 Å². The van der Waals surface area contributed by atoms with Crippen LogP contribution in [0, 0.1) is 11.7 Å². The first kappa shape index (κ1) is 14.2. The van der Waals surface area contributed by atoms with E-state index >= 15 is 0 Å². The third kappa shape index (κ3) is 5.83. The van der Waals surface area contributed by atoms with E-state index in [2.05, 4.69) is 20.8 Å². The lowest BCUT2D eigenvalue weighted by molar-refractivity contribution is 0.391. The van der Waals surface area contributed by atoms with Gasteiger partial charge in [0, 0.05) is 5.54 Å². The number of benzene rings is 1. The van der Waals surface area contributed by atoms with Crippen molar-refractivity contribution in [3.8, 4) is 0 Å². The summed E-state index contributed by atoms with van der Waals surface area (Å²) >= 11 is 0. The van der Waals surface area contributed by atoms with E-state index in [1.54, 1.807) is 0 Å². The van der Waals surface area contributed by atoms with Crippen LogP contribution in [0.15, 0.2) is 24.3 Å². The van der Waals surface area contributed by atoms with Gasteiger partial charge in [0.05, 0.1) is 0 Å². The van der Waals surface area contributed by atoms with E-state index in [0.29, 0.717) is 0 Å². The number of halogens is 1. The molecule has 0 aliphatic heterocycles. The summed E-state index contributed by atoms with van der Waals surface area (Å²) in [6.45, 7) is 6.54. The molecular weight excluding hydrogens is 213 g/mol. The molecule has 1 aromatic rings. The summed E-state index contributed by atoms with van der Waals surface area (Å²) in [6, 6.07) is 6.64. The molecule has 1 nitrogen and oxygen atoms in total. The number of hydrogen-bond acceptors (Lipinski definition) is 1. The molecule has 0 aliphatic rings. The van der Waals surface area contributed by atoms with Crippen LogP contribution in [0.2, 0.25) is 0 Å². The molecule has 0 spiro atoms. The van der Waals surface area contributed by atoms with Crippen LogP contribution in [0.4, 0.5) is 4.39 Å². The highest BCUT2D eigenvalue weighted by Crippen LogP contribution is 2.19. The van der Waals surface area contributed by atoms with Gasteiger partial charge < -0.3 is 5.73 Å². The Balaban J connectivity index is 2.45. The van der Waals surface area contributed by atoms with Crippen LogP contribution in [0.25, 0.3) is 0 Å². The predicted octanol–water partition coefficient (Wildman–Crippen LogP) is 3.91. The molecule has 0 saturated carbocycles. The maximum absolute atomic E-state index is 12.8. The van der Waals surface area contributed by atoms with Gasteiger partial charge in [-0.2, -0.15) is 0 Å². The normalized spacial score (nSPS) is 14.9. The van der Waals surface area contributed by atoms with E-state index in [4.69, 9.17) is 5.73 Å². The Bertz CT molecular complexity index is 327. The van der Waals surface area contributed by atoms with Crippen LogP contribution in [0.5, 0.6) is 0 Å². The first-order valence-corrected chi connectivity index (χ1v) is 6.42. The molecular formula is C15H24FN. The number of rotatable bonds is 6. The molecule has 0 aliphatic carbocycles. The third-order valence-electron chi connectivity index (χ3n) is 3.05. The Morgan fingerprint density at radius 1 is 1.24 bits per heavy atom. The average molecular weight is 237 g/mol. The number of hydrogen-bond donors (Lipinski definition) is 1. The fraction of sp³-hybridized carbons (Fsp3) is 0.600. The van der Waals surface area contributed by atoms with Gasteiger partial charge in [-0.1, -0.05) is 38.8 Å². The third-order valence-corrected chi connectivity index (χ3v) is 3.05. The van der Waals surface area contributed by atoms with Crippen LogP contribution < -0.4 is 5.73 Å². The van der Waals surface area contributed by atoms with Crippen LogP contribution in [0.3, 0.4) is 0 Å². The predicted molar refractivity (Wildman–Crippen MR) is 71.4 cm³/mol. The fourth-order valence-corrected chi connectivity index (χ4v) is 2.07. The fourth-order valence-electron chi connectivity index (χ4n) is 2.07. The Morgan fingerprint density at radius 2 is 1.82 bits per heavy atom. The van der Waals surface area contributed by atoms with Gasteiger partial charge in [0.25, 0.3) is 0 Å². The molecule has 0 radical (unpaired) electrons. The molecule has 0 heterocycles. The lowest BCUT2D eigenvalue weighted by Gasteiger charge is -2.25. The Labute approximate surface area is 104 Å². The van der Waals surface area contributed by atoms with Crippen LogP contribution in [-0.2, 0) is 6.42 Å². The van der Waals surface area contributed by atoms with Gasteiger partial charge in [-0.25, -0.2) is 4.39 Å². The molecule has 17 heavy (non-hydrogen) atoms. The summed E-state index contributed by atoms with van der Waals surface area (Å²) in [5.41, 5.74) is 7.20. The summed E-state index contributed by atoms with van der Waals surface area (Å²) in [5.74, 6) is 0.545. The zero-order chi connectivity index (χ0) is 12.9. The van der Waals surface area contributed by atoms with Gasteiger partial charge in [-0.3, -0.25) is 0 Å². The molecule has 0 amide bonds. The number of nitrogens with two attached hydrogens (primary N) is 1. The monoisotopic (exact) mass is 237 g/mol. The van der Waals surface area contributed by atoms with Crippen LogP contribution >= 0.6 is 0 Å². The van der Waals surface area contributed by atoms with Crippen LogP contribution in [-0.4, -0.2) is 5.54 Å². The molecule has 1 unspecified atom stereocenters. The zero-order valence-corrected chi connectivity index (χ0v) is 11.2. The summed E-state index contributed by atoms with van der Waals surface area (Å²) in [5, 5.41) is 0. The Kier molecular flexibility index (Phi) is 5.13. The van der Waals surface area contributed by atoms with Gasteiger partial charge in [0.15, 0.2) is 0 Å². The SMILES string of the molecule is CC(C)CCCC(C)(N)Cc1ccc(F)cc1. The Hall–Kier alpha value is -0.890. The van der Waals surface area contributed by atoms with Crippen LogP contribution in [0.1, 0.15) is 45.6 Å². The topological polar surface area (TPSA) is 26.0 Å². The second-order valence-corrected chi connectivity index (χ2v) is 5.74. The van der Waals surface area contributed by atoms with Gasteiger partial charge >= 0.3 is 0 Å². The molecule has 0 fully saturated rings. The first-order chi connectivity index (χ1) is 7.89. The first-order valence-electron chi connectivity index (χ1n) is 6.42. The highest BCUT2D eigenvalue weighted by atomic mass is 19.1.